The van der Waals surface area contributed by atoms with Crippen LogP contribution in [0.3, 0.4) is 0 Å². The minimum atomic E-state index is 0.380. The monoisotopic (exact) mass is 194 g/mol. The molecule has 0 rings (SSSR count). The van der Waals surface area contributed by atoms with Crippen LogP contribution in [0.15, 0.2) is 0 Å². The number of rotatable bonds is 3. The van der Waals surface area contributed by atoms with Crippen molar-refractivity contribution in [2.24, 2.45) is 0 Å². The van der Waals surface area contributed by atoms with Crippen LogP contribution < -0.4 is 0 Å². The average molecular weight is 194 g/mol. The predicted molar refractivity (Wildman–Crippen MR) is 63.2 cm³/mol. The Labute approximate surface area is 75.7 Å². The molecule has 0 aromatic rings. The van der Waals surface area contributed by atoms with Crippen molar-refractivity contribution in [3.05, 3.63) is 0 Å². The lowest BCUT2D eigenvalue weighted by Crippen LogP contribution is -1.83. The lowest BCUT2D eigenvalue weighted by atomic mass is 10.9. The Kier molecular flexibility index (Phi) is 14.2. The van der Waals surface area contributed by atoms with Gasteiger partial charge in [-0.2, -0.15) is 0 Å². The molecular formula is C9H24P2. The zero-order chi connectivity index (χ0) is 9.28. The second-order valence-electron chi connectivity index (χ2n) is 2.96. The van der Waals surface area contributed by atoms with E-state index in [1.165, 1.54) is 18.5 Å². The largest absolute Gasteiger partial charge is 0.116 e. The van der Waals surface area contributed by atoms with Crippen LogP contribution in [0, 0.1) is 0 Å². The van der Waals surface area contributed by atoms with Crippen molar-refractivity contribution < 1.29 is 0 Å². The van der Waals surface area contributed by atoms with Crippen LogP contribution in [0.1, 0.15) is 20.8 Å². The summed E-state index contributed by atoms with van der Waals surface area (Å²) in [4.78, 5) is 0. The molecule has 11 heavy (non-hydrogen) atoms. The standard InChI is InChI=1S/C6H15P.C3H9P/c1-4-7(5-2)6-3;1-4(2)3/h4-6H2,1-3H3;1-3H3. The minimum absolute atomic E-state index is 0.380. The molecule has 0 N–H and O–H groups in total. The van der Waals surface area contributed by atoms with Gasteiger partial charge in [-0.25, -0.2) is 0 Å². The third-order valence-electron chi connectivity index (χ3n) is 1.34. The van der Waals surface area contributed by atoms with Crippen molar-refractivity contribution in [3.8, 4) is 0 Å². The molecule has 2 heteroatoms. The van der Waals surface area contributed by atoms with E-state index in [0.29, 0.717) is 15.8 Å². The van der Waals surface area contributed by atoms with E-state index in [2.05, 4.69) is 40.8 Å². The highest BCUT2D eigenvalue weighted by atomic mass is 31.1. The molecule has 0 spiro atoms. The van der Waals surface area contributed by atoms with Crippen LogP contribution >= 0.6 is 15.8 Å². The van der Waals surface area contributed by atoms with E-state index < -0.39 is 0 Å². The highest BCUT2D eigenvalue weighted by Crippen LogP contribution is 2.32. The van der Waals surface area contributed by atoms with E-state index in [4.69, 9.17) is 0 Å². The molecule has 0 amide bonds. The van der Waals surface area contributed by atoms with Crippen LogP contribution in [0.4, 0.5) is 0 Å². The summed E-state index contributed by atoms with van der Waals surface area (Å²) in [5.41, 5.74) is 0. The molecule has 0 aromatic carbocycles. The second-order valence-corrected chi connectivity index (χ2v) is 8.88. The third-order valence-corrected chi connectivity index (χ3v) is 4.02. The van der Waals surface area contributed by atoms with Crippen LogP contribution in [0.5, 0.6) is 0 Å². The first kappa shape index (κ1) is 14.4. The smallest absolute Gasteiger partial charge is 0.0355 e. The quantitative estimate of drug-likeness (QED) is 0.598. The molecule has 0 heterocycles. The zero-order valence-corrected chi connectivity index (χ0v) is 10.8. The molecule has 0 saturated carbocycles. The van der Waals surface area contributed by atoms with E-state index in [1.807, 2.05) is 0 Å². The maximum atomic E-state index is 2.29. The highest BCUT2D eigenvalue weighted by Gasteiger charge is 1.94. The average Bonchev–Trinajstić information content (AvgIpc) is 1.90. The lowest BCUT2D eigenvalue weighted by Gasteiger charge is -2.07. The van der Waals surface area contributed by atoms with Gasteiger partial charge in [0.25, 0.3) is 0 Å². The maximum absolute atomic E-state index is 2.29. The Morgan fingerprint density at radius 2 is 0.909 bits per heavy atom. The SMILES string of the molecule is CCP(CC)CC.CP(C)C. The topological polar surface area (TPSA) is 0 Å². The molecule has 0 aliphatic rings. The Hall–Kier alpha value is 0.860. The summed E-state index contributed by atoms with van der Waals surface area (Å²) >= 11 is 0. The van der Waals surface area contributed by atoms with Crippen molar-refractivity contribution in [1.29, 1.82) is 0 Å². The Morgan fingerprint density at radius 3 is 0.909 bits per heavy atom. The highest BCUT2D eigenvalue weighted by molar-refractivity contribution is 7.57. The fourth-order valence-corrected chi connectivity index (χ4v) is 2.01. The number of hydrogen-bond acceptors (Lipinski definition) is 0. The summed E-state index contributed by atoms with van der Waals surface area (Å²) in [5.74, 6) is 0. The fraction of sp³-hybridized carbons (Fsp3) is 1.00. The van der Waals surface area contributed by atoms with Gasteiger partial charge in [-0.05, 0) is 38.5 Å². The molecular weight excluding hydrogens is 170 g/mol. The predicted octanol–water partition coefficient (Wildman–Crippen LogP) is 3.89. The first-order valence-electron chi connectivity index (χ1n) is 4.41. The van der Waals surface area contributed by atoms with Gasteiger partial charge >= 0.3 is 0 Å². The summed E-state index contributed by atoms with van der Waals surface area (Å²) in [6, 6.07) is 0. The first-order chi connectivity index (χ1) is 5.08. The van der Waals surface area contributed by atoms with Crippen molar-refractivity contribution in [2.45, 2.75) is 20.8 Å². The van der Waals surface area contributed by atoms with Gasteiger partial charge in [-0.1, -0.05) is 20.8 Å². The molecule has 0 aliphatic carbocycles. The molecule has 0 nitrogen and oxygen atoms in total. The van der Waals surface area contributed by atoms with Crippen molar-refractivity contribution in [3.63, 3.8) is 0 Å². The fourth-order valence-electron chi connectivity index (χ4n) is 0.671. The Bertz CT molecular complexity index is 50.3. The van der Waals surface area contributed by atoms with Gasteiger partial charge in [-0.3, -0.25) is 0 Å². The molecule has 70 valence electrons. The van der Waals surface area contributed by atoms with Crippen LogP contribution in [-0.4, -0.2) is 38.5 Å². The van der Waals surface area contributed by atoms with Gasteiger partial charge in [0.1, 0.15) is 0 Å². The van der Waals surface area contributed by atoms with Crippen molar-refractivity contribution >= 4 is 15.8 Å². The molecule has 0 bridgehead atoms. The van der Waals surface area contributed by atoms with E-state index in [-0.39, 0.29) is 0 Å². The van der Waals surface area contributed by atoms with Crippen molar-refractivity contribution in [1.82, 2.24) is 0 Å². The first-order valence-corrected chi connectivity index (χ1v) is 8.99. The number of hydrogen-bond donors (Lipinski definition) is 0. The lowest BCUT2D eigenvalue weighted by molar-refractivity contribution is 1.35. The zero-order valence-electron chi connectivity index (χ0n) is 9.02. The van der Waals surface area contributed by atoms with Crippen LogP contribution in [0.25, 0.3) is 0 Å². The molecule has 0 radical (unpaired) electrons. The second kappa shape index (κ2) is 10.9. The van der Waals surface area contributed by atoms with Crippen LogP contribution in [-0.2, 0) is 0 Å². The molecule has 0 saturated heterocycles. The molecule has 0 aliphatic heterocycles. The summed E-state index contributed by atoms with van der Waals surface area (Å²) in [7, 11) is 0.826. The minimum Gasteiger partial charge on any atom is -0.116 e. The normalized spacial score (nSPS) is 9.82. The van der Waals surface area contributed by atoms with E-state index in [1.54, 1.807) is 0 Å². The maximum Gasteiger partial charge on any atom is -0.0355 e. The van der Waals surface area contributed by atoms with Gasteiger partial charge in [0.15, 0.2) is 0 Å². The van der Waals surface area contributed by atoms with Gasteiger partial charge in [0.2, 0.25) is 0 Å². The molecule has 0 atom stereocenters. The van der Waals surface area contributed by atoms with Crippen molar-refractivity contribution in [2.75, 3.05) is 38.5 Å². The summed E-state index contributed by atoms with van der Waals surface area (Å²) < 4.78 is 0. The van der Waals surface area contributed by atoms with E-state index >= 15 is 0 Å². The Morgan fingerprint density at radius 1 is 0.727 bits per heavy atom. The molecule has 0 unspecified atom stereocenters. The van der Waals surface area contributed by atoms with Gasteiger partial charge in [-0.15, -0.1) is 15.8 Å². The van der Waals surface area contributed by atoms with Gasteiger partial charge < -0.3 is 0 Å². The molecule has 0 fully saturated rings. The third kappa shape index (κ3) is 18.1. The van der Waals surface area contributed by atoms with Gasteiger partial charge in [0, 0.05) is 0 Å². The Balaban J connectivity index is 0. The van der Waals surface area contributed by atoms with Crippen LogP contribution in [0.2, 0.25) is 0 Å². The summed E-state index contributed by atoms with van der Waals surface area (Å²) in [6.07, 6.45) is 4.26. The molecule has 0 aromatic heterocycles. The summed E-state index contributed by atoms with van der Waals surface area (Å²) in [5, 5.41) is 0. The van der Waals surface area contributed by atoms with E-state index in [0.717, 1.165) is 0 Å². The summed E-state index contributed by atoms with van der Waals surface area (Å²) in [6.45, 7) is 13.6. The van der Waals surface area contributed by atoms with E-state index in [9.17, 15) is 0 Å². The van der Waals surface area contributed by atoms with Gasteiger partial charge in [0.05, 0.1) is 0 Å².